The topological polar surface area (TPSA) is 113 Å². The number of aliphatic carboxylic acids is 1. The molecule has 0 aliphatic carbocycles. The predicted molar refractivity (Wildman–Crippen MR) is 72.4 cm³/mol. The lowest BCUT2D eigenvalue weighted by Gasteiger charge is -2.25. The smallest absolute Gasteiger partial charge is 0.422 e. The molecule has 0 aromatic heterocycles. The van der Waals surface area contributed by atoms with E-state index in [1.807, 2.05) is 0 Å². The molecule has 0 aliphatic heterocycles. The van der Waals surface area contributed by atoms with Crippen molar-refractivity contribution in [1.29, 1.82) is 0 Å². The zero-order valence-corrected chi connectivity index (χ0v) is 12.9. The van der Waals surface area contributed by atoms with Crippen LogP contribution >= 0.6 is 0 Å². The third-order valence-corrected chi connectivity index (χ3v) is 3.86. The van der Waals surface area contributed by atoms with Crippen LogP contribution in [-0.2, 0) is 19.7 Å². The second-order valence-electron chi connectivity index (χ2n) is 4.76. The molecule has 118 valence electrons. The Morgan fingerprint density at radius 3 is 2.20 bits per heavy atom. The van der Waals surface area contributed by atoms with Gasteiger partial charge in [0.1, 0.15) is 0 Å². The second kappa shape index (κ2) is 8.05. The van der Waals surface area contributed by atoms with Gasteiger partial charge in [-0.05, 0) is 34.1 Å². The molecule has 0 aromatic rings. The molecule has 0 heterocycles. The molecule has 2 N–H and O–H groups in total. The lowest BCUT2D eigenvalue weighted by molar-refractivity contribution is -0.137. The van der Waals surface area contributed by atoms with E-state index in [0.717, 1.165) is 4.31 Å². The minimum absolute atomic E-state index is 0.00819. The van der Waals surface area contributed by atoms with Gasteiger partial charge in [0.15, 0.2) is 0 Å². The van der Waals surface area contributed by atoms with Gasteiger partial charge in [0.25, 0.3) is 0 Å². The average molecular weight is 310 g/mol. The zero-order valence-electron chi connectivity index (χ0n) is 12.1. The van der Waals surface area contributed by atoms with Gasteiger partial charge in [0, 0.05) is 19.0 Å². The predicted octanol–water partition coefficient (Wildman–Crippen LogP) is 0.941. The average Bonchev–Trinajstić information content (AvgIpc) is 2.20. The quantitative estimate of drug-likeness (QED) is 0.690. The van der Waals surface area contributed by atoms with Crippen LogP contribution in [0.25, 0.3) is 0 Å². The van der Waals surface area contributed by atoms with E-state index in [1.54, 1.807) is 32.4 Å². The number of hydrogen-bond donors (Lipinski definition) is 2. The van der Waals surface area contributed by atoms with Gasteiger partial charge in [-0.2, -0.15) is 12.7 Å². The van der Waals surface area contributed by atoms with Gasteiger partial charge in [-0.15, -0.1) is 0 Å². The molecule has 0 radical (unpaired) electrons. The molecule has 20 heavy (non-hydrogen) atoms. The van der Waals surface area contributed by atoms with E-state index in [9.17, 15) is 18.0 Å². The summed E-state index contributed by atoms with van der Waals surface area (Å²) >= 11 is 0. The number of carbonyl (C=O) groups is 2. The molecule has 8 nitrogen and oxygen atoms in total. The van der Waals surface area contributed by atoms with Gasteiger partial charge < -0.3 is 9.84 Å². The van der Waals surface area contributed by atoms with E-state index in [-0.39, 0.29) is 19.4 Å². The van der Waals surface area contributed by atoms with E-state index >= 15 is 0 Å². The van der Waals surface area contributed by atoms with Crippen molar-refractivity contribution in [3.63, 3.8) is 0 Å². The van der Waals surface area contributed by atoms with Gasteiger partial charge in [0.2, 0.25) is 0 Å². The molecule has 9 heteroatoms. The van der Waals surface area contributed by atoms with Crippen molar-refractivity contribution in [2.45, 2.75) is 52.7 Å². The summed E-state index contributed by atoms with van der Waals surface area (Å²) in [4.78, 5) is 21.8. The summed E-state index contributed by atoms with van der Waals surface area (Å²) in [6.45, 7) is 6.47. The van der Waals surface area contributed by atoms with Crippen molar-refractivity contribution >= 4 is 22.3 Å². The Hall–Kier alpha value is -1.35. The van der Waals surface area contributed by atoms with Gasteiger partial charge in [-0.1, -0.05) is 0 Å². The van der Waals surface area contributed by atoms with Crippen molar-refractivity contribution in [2.75, 3.05) is 6.54 Å². The molecule has 0 saturated carbocycles. The fourth-order valence-electron chi connectivity index (χ4n) is 1.44. The Balaban J connectivity index is 4.71. The molecule has 0 rings (SSSR count). The fourth-order valence-corrected chi connectivity index (χ4v) is 2.74. The number of nitrogens with zero attached hydrogens (tertiary/aromatic N) is 1. The Kier molecular flexibility index (Phi) is 7.51. The molecule has 0 bridgehead atoms. The highest BCUT2D eigenvalue weighted by Crippen LogP contribution is 2.08. The lowest BCUT2D eigenvalue weighted by Crippen LogP contribution is -2.47. The summed E-state index contributed by atoms with van der Waals surface area (Å²) in [6.07, 6.45) is -1.48. The van der Waals surface area contributed by atoms with E-state index in [0.29, 0.717) is 0 Å². The minimum Gasteiger partial charge on any atom is -0.481 e. The number of ether oxygens (including phenoxy) is 1. The molecule has 0 spiro atoms. The summed E-state index contributed by atoms with van der Waals surface area (Å²) in [5, 5.41) is 8.55. The Morgan fingerprint density at radius 2 is 1.80 bits per heavy atom. The fraction of sp³-hybridized carbons (Fsp3) is 0.818. The summed E-state index contributed by atoms with van der Waals surface area (Å²) in [6, 6.07) is -0.409. The van der Waals surface area contributed by atoms with Crippen molar-refractivity contribution < 1.29 is 27.9 Å². The van der Waals surface area contributed by atoms with Crippen LogP contribution in [-0.4, -0.2) is 48.6 Å². The Bertz CT molecular complexity index is 432. The molecular weight excluding hydrogens is 288 g/mol. The number of hydrogen-bond acceptors (Lipinski definition) is 5. The molecule has 0 unspecified atom stereocenters. The first-order valence-electron chi connectivity index (χ1n) is 6.28. The molecule has 0 fully saturated rings. The molecule has 1 amide bonds. The number of carboxylic acid groups (broad SMARTS) is 1. The maximum Gasteiger partial charge on any atom is 0.422 e. The largest absolute Gasteiger partial charge is 0.481 e. The van der Waals surface area contributed by atoms with Crippen molar-refractivity contribution in [1.82, 2.24) is 9.03 Å². The van der Waals surface area contributed by atoms with Crippen LogP contribution in [0.4, 0.5) is 4.79 Å². The summed E-state index contributed by atoms with van der Waals surface area (Å²) in [5.41, 5.74) is 0. The molecule has 0 atom stereocenters. The molecule has 0 aliphatic rings. The summed E-state index contributed by atoms with van der Waals surface area (Å²) in [7, 11) is -4.05. The van der Waals surface area contributed by atoms with E-state index < -0.39 is 34.4 Å². The van der Waals surface area contributed by atoms with Gasteiger partial charge in [-0.25, -0.2) is 9.52 Å². The third-order valence-electron chi connectivity index (χ3n) is 2.21. The molecule has 0 aromatic carbocycles. The Morgan fingerprint density at radius 1 is 1.25 bits per heavy atom. The minimum atomic E-state index is -4.05. The maximum atomic E-state index is 12.0. The third kappa shape index (κ3) is 7.29. The van der Waals surface area contributed by atoms with Crippen molar-refractivity contribution in [2.24, 2.45) is 0 Å². The zero-order chi connectivity index (χ0) is 15.9. The van der Waals surface area contributed by atoms with Crippen molar-refractivity contribution in [3.8, 4) is 0 Å². The first kappa shape index (κ1) is 18.7. The maximum absolute atomic E-state index is 12.0. The van der Waals surface area contributed by atoms with E-state index in [4.69, 9.17) is 9.84 Å². The van der Waals surface area contributed by atoms with E-state index in [2.05, 4.69) is 0 Å². The lowest BCUT2D eigenvalue weighted by atomic mass is 10.3. The van der Waals surface area contributed by atoms with Crippen LogP contribution in [0.5, 0.6) is 0 Å². The van der Waals surface area contributed by atoms with Gasteiger partial charge in [0.05, 0.1) is 6.10 Å². The first-order valence-corrected chi connectivity index (χ1v) is 7.72. The number of amides is 1. The monoisotopic (exact) mass is 310 g/mol. The first-order chi connectivity index (χ1) is 9.06. The number of rotatable bonds is 8. The normalized spacial score (nSPS) is 11.9. The molecule has 0 saturated heterocycles. The highest BCUT2D eigenvalue weighted by molar-refractivity contribution is 7.87. The van der Waals surface area contributed by atoms with Crippen LogP contribution < -0.4 is 4.72 Å². The highest BCUT2D eigenvalue weighted by atomic mass is 32.2. The van der Waals surface area contributed by atoms with Crippen LogP contribution in [0, 0.1) is 0 Å². The van der Waals surface area contributed by atoms with Crippen LogP contribution in [0.15, 0.2) is 0 Å². The second-order valence-corrected chi connectivity index (χ2v) is 6.39. The number of carboxylic acids is 1. The number of carbonyl (C=O) groups excluding carboxylic acids is 1. The molecular formula is C11H22N2O6S. The van der Waals surface area contributed by atoms with Crippen LogP contribution in [0.2, 0.25) is 0 Å². The van der Waals surface area contributed by atoms with Crippen LogP contribution in [0.3, 0.4) is 0 Å². The SMILES string of the molecule is CC(C)OC(=O)NS(=O)(=O)N(CCCC(=O)O)C(C)C. The summed E-state index contributed by atoms with van der Waals surface area (Å²) in [5.74, 6) is -1.00. The van der Waals surface area contributed by atoms with Crippen molar-refractivity contribution in [3.05, 3.63) is 0 Å². The standard InChI is InChI=1S/C11H22N2O6S/c1-8(2)13(7-5-6-10(14)15)20(17,18)12-11(16)19-9(3)4/h8-9H,5-7H2,1-4H3,(H,12,16)(H,14,15). The summed E-state index contributed by atoms with van der Waals surface area (Å²) < 4.78 is 31.5. The highest BCUT2D eigenvalue weighted by Gasteiger charge is 2.27. The van der Waals surface area contributed by atoms with Crippen LogP contribution in [0.1, 0.15) is 40.5 Å². The van der Waals surface area contributed by atoms with Gasteiger partial charge in [-0.3, -0.25) is 4.79 Å². The van der Waals surface area contributed by atoms with Gasteiger partial charge >= 0.3 is 22.3 Å². The Labute approximate surface area is 119 Å². The van der Waals surface area contributed by atoms with E-state index in [1.165, 1.54) is 0 Å². The number of nitrogens with one attached hydrogen (secondary N) is 1.